The Kier molecular flexibility index (Phi) is 8.07. The molecular weight excluding hydrogens is 484 g/mol. The maximum absolute atomic E-state index is 13.2. The second-order valence-corrected chi connectivity index (χ2v) is 9.16. The van der Waals surface area contributed by atoms with Gasteiger partial charge in [-0.1, -0.05) is 77.5 Å². The number of halogens is 1. The van der Waals surface area contributed by atoms with Crippen molar-refractivity contribution in [1.82, 2.24) is 15.5 Å². The zero-order chi connectivity index (χ0) is 24.6. The Labute approximate surface area is 212 Å². The summed E-state index contributed by atoms with van der Waals surface area (Å²) in [6, 6.07) is 23.2. The fourth-order valence-corrected chi connectivity index (χ4v) is 4.29. The van der Waals surface area contributed by atoms with Gasteiger partial charge in [-0.25, -0.2) is 0 Å². The molecule has 1 aromatic heterocycles. The molecule has 1 heterocycles. The number of aromatic nitrogens is 2. The molecule has 2 N–H and O–H groups in total. The minimum absolute atomic E-state index is 0.141. The van der Waals surface area contributed by atoms with Crippen LogP contribution in [0.5, 0.6) is 5.75 Å². The molecule has 0 spiro atoms. The van der Waals surface area contributed by atoms with Crippen LogP contribution in [0.1, 0.15) is 11.1 Å². The van der Waals surface area contributed by atoms with Gasteiger partial charge in [-0.05, 0) is 35.4 Å². The van der Waals surface area contributed by atoms with Crippen molar-refractivity contribution >= 4 is 39.9 Å². The normalized spacial score (nSPS) is 11.5. The molecular formula is C26H23ClN4O3S. The predicted octanol–water partition coefficient (Wildman–Crippen LogP) is 4.78. The number of methoxy groups -OCH3 is 1. The summed E-state index contributed by atoms with van der Waals surface area (Å²) in [7, 11) is 1.59. The van der Waals surface area contributed by atoms with Crippen LogP contribution in [0.25, 0.3) is 10.6 Å². The number of carbonyl (C=O) groups excluding carboxylic acids is 2. The molecule has 0 aliphatic rings. The average Bonchev–Trinajstić information content (AvgIpc) is 3.33. The van der Waals surface area contributed by atoms with Crippen LogP contribution in [-0.4, -0.2) is 35.2 Å². The van der Waals surface area contributed by atoms with Gasteiger partial charge in [0.05, 0.1) is 13.5 Å². The van der Waals surface area contributed by atoms with Gasteiger partial charge in [-0.15, -0.1) is 10.2 Å². The van der Waals surface area contributed by atoms with Crippen LogP contribution in [0.15, 0.2) is 78.9 Å². The molecule has 3 aromatic carbocycles. The number of hydrogen-bond donors (Lipinski definition) is 2. The molecule has 1 atom stereocenters. The van der Waals surface area contributed by atoms with E-state index in [2.05, 4.69) is 20.8 Å². The lowest BCUT2D eigenvalue weighted by Gasteiger charge is -2.18. The van der Waals surface area contributed by atoms with Crippen molar-refractivity contribution < 1.29 is 14.3 Å². The molecule has 0 saturated carbocycles. The number of nitrogens with zero attached hydrogens (tertiary/aromatic N) is 2. The van der Waals surface area contributed by atoms with E-state index < -0.39 is 6.04 Å². The lowest BCUT2D eigenvalue weighted by atomic mass is 10.0. The predicted molar refractivity (Wildman–Crippen MR) is 138 cm³/mol. The van der Waals surface area contributed by atoms with Gasteiger partial charge in [-0.3, -0.25) is 14.9 Å². The molecule has 178 valence electrons. The van der Waals surface area contributed by atoms with E-state index in [4.69, 9.17) is 16.3 Å². The maximum Gasteiger partial charge on any atom is 0.249 e. The fourth-order valence-electron chi connectivity index (χ4n) is 3.41. The van der Waals surface area contributed by atoms with Crippen molar-refractivity contribution in [3.05, 3.63) is 95.0 Å². The fraction of sp³-hybridized carbons (Fsp3) is 0.154. The van der Waals surface area contributed by atoms with Crippen LogP contribution >= 0.6 is 22.9 Å². The topological polar surface area (TPSA) is 93.2 Å². The molecule has 2 amide bonds. The van der Waals surface area contributed by atoms with Crippen LogP contribution in [-0.2, 0) is 22.4 Å². The number of benzene rings is 3. The van der Waals surface area contributed by atoms with E-state index in [1.807, 2.05) is 54.6 Å². The van der Waals surface area contributed by atoms with Crippen LogP contribution in [0.2, 0.25) is 5.02 Å². The van der Waals surface area contributed by atoms with Gasteiger partial charge in [0.2, 0.25) is 16.9 Å². The first-order valence-electron chi connectivity index (χ1n) is 10.9. The highest BCUT2D eigenvalue weighted by atomic mass is 35.5. The molecule has 4 aromatic rings. The second kappa shape index (κ2) is 11.6. The Balaban J connectivity index is 1.45. The molecule has 4 rings (SSSR count). The van der Waals surface area contributed by atoms with Crippen molar-refractivity contribution in [2.75, 3.05) is 12.4 Å². The van der Waals surface area contributed by atoms with Crippen molar-refractivity contribution in [1.29, 1.82) is 0 Å². The zero-order valence-electron chi connectivity index (χ0n) is 18.9. The van der Waals surface area contributed by atoms with Crippen LogP contribution in [0.4, 0.5) is 5.13 Å². The van der Waals surface area contributed by atoms with Crippen LogP contribution < -0.4 is 15.4 Å². The summed E-state index contributed by atoms with van der Waals surface area (Å²) in [6.07, 6.45) is 0.478. The van der Waals surface area contributed by atoms with Crippen molar-refractivity contribution in [3.63, 3.8) is 0 Å². The van der Waals surface area contributed by atoms with Crippen LogP contribution in [0.3, 0.4) is 0 Å². The quantitative estimate of drug-likeness (QED) is 0.341. The number of carbonyl (C=O) groups is 2. The van der Waals surface area contributed by atoms with Crippen molar-refractivity contribution in [3.8, 4) is 16.3 Å². The molecule has 9 heteroatoms. The molecule has 35 heavy (non-hydrogen) atoms. The lowest BCUT2D eigenvalue weighted by molar-refractivity contribution is -0.126. The SMILES string of the molecule is COc1ccc(CC(=O)N[C@H](Cc2ccccc2)C(=O)Nc2nnc(-c3ccc(Cl)cc3)s2)cc1. The Morgan fingerprint density at radius 3 is 2.34 bits per heavy atom. The van der Waals surface area contributed by atoms with Gasteiger partial charge in [0.1, 0.15) is 16.8 Å². The molecule has 0 fully saturated rings. The standard InChI is InChI=1S/C26H23ClN4O3S/c1-34-21-13-7-18(8-14-21)16-23(32)28-22(15-17-5-3-2-4-6-17)24(33)29-26-31-30-25(35-26)19-9-11-20(27)12-10-19/h2-14,22H,15-16H2,1H3,(H,28,32)(H,29,31,33)/t22-/m1/s1. The van der Waals surface area contributed by atoms with Gasteiger partial charge in [0.25, 0.3) is 0 Å². The van der Waals surface area contributed by atoms with E-state index in [0.29, 0.717) is 27.3 Å². The molecule has 7 nitrogen and oxygen atoms in total. The largest absolute Gasteiger partial charge is 0.497 e. The third-order valence-corrected chi connectivity index (χ3v) is 6.34. The number of amides is 2. The zero-order valence-corrected chi connectivity index (χ0v) is 20.5. The van der Waals surface area contributed by atoms with Crippen molar-refractivity contribution in [2.45, 2.75) is 18.9 Å². The smallest absolute Gasteiger partial charge is 0.249 e. The third-order valence-electron chi connectivity index (χ3n) is 5.20. The average molecular weight is 507 g/mol. The van der Waals surface area contributed by atoms with Gasteiger partial charge in [0, 0.05) is 17.0 Å². The van der Waals surface area contributed by atoms with E-state index in [9.17, 15) is 9.59 Å². The number of nitrogens with one attached hydrogen (secondary N) is 2. The first kappa shape index (κ1) is 24.4. The van der Waals surface area contributed by atoms with Crippen LogP contribution in [0, 0.1) is 0 Å². The monoisotopic (exact) mass is 506 g/mol. The summed E-state index contributed by atoms with van der Waals surface area (Å²) in [6.45, 7) is 0. The van der Waals surface area contributed by atoms with E-state index in [0.717, 1.165) is 16.7 Å². The highest BCUT2D eigenvalue weighted by Crippen LogP contribution is 2.27. The minimum Gasteiger partial charge on any atom is -0.497 e. The first-order valence-corrected chi connectivity index (χ1v) is 12.1. The molecule has 0 unspecified atom stereocenters. The van der Waals surface area contributed by atoms with Gasteiger partial charge < -0.3 is 10.1 Å². The van der Waals surface area contributed by atoms with E-state index in [-0.39, 0.29) is 18.2 Å². The van der Waals surface area contributed by atoms with Crippen molar-refractivity contribution in [2.24, 2.45) is 0 Å². The highest BCUT2D eigenvalue weighted by molar-refractivity contribution is 7.18. The second-order valence-electron chi connectivity index (χ2n) is 7.74. The summed E-state index contributed by atoms with van der Waals surface area (Å²) >= 11 is 7.20. The van der Waals surface area contributed by atoms with Gasteiger partial charge in [0.15, 0.2) is 0 Å². The number of anilines is 1. The Hall–Kier alpha value is -3.75. The first-order chi connectivity index (χ1) is 17.0. The highest BCUT2D eigenvalue weighted by Gasteiger charge is 2.23. The Morgan fingerprint density at radius 2 is 1.66 bits per heavy atom. The van der Waals surface area contributed by atoms with E-state index in [1.54, 1.807) is 31.4 Å². The molecule has 0 radical (unpaired) electrons. The minimum atomic E-state index is -0.786. The van der Waals surface area contributed by atoms with E-state index >= 15 is 0 Å². The molecule has 0 aliphatic carbocycles. The van der Waals surface area contributed by atoms with Gasteiger partial charge in [-0.2, -0.15) is 0 Å². The Morgan fingerprint density at radius 1 is 0.943 bits per heavy atom. The van der Waals surface area contributed by atoms with E-state index in [1.165, 1.54) is 11.3 Å². The van der Waals surface area contributed by atoms with Gasteiger partial charge >= 0.3 is 0 Å². The Bertz CT molecular complexity index is 1280. The summed E-state index contributed by atoms with van der Waals surface area (Å²) in [4.78, 5) is 25.9. The summed E-state index contributed by atoms with van der Waals surface area (Å²) in [5, 5.41) is 15.5. The molecule has 0 aliphatic heterocycles. The lowest BCUT2D eigenvalue weighted by Crippen LogP contribution is -2.45. The summed E-state index contributed by atoms with van der Waals surface area (Å²) in [5.41, 5.74) is 2.59. The maximum atomic E-state index is 13.2. The molecule has 0 bridgehead atoms. The number of rotatable bonds is 9. The third kappa shape index (κ3) is 6.88. The number of hydrogen-bond acceptors (Lipinski definition) is 6. The summed E-state index contributed by atoms with van der Waals surface area (Å²) in [5.74, 6) is 0.0895. The summed E-state index contributed by atoms with van der Waals surface area (Å²) < 4.78 is 5.16. The molecule has 0 saturated heterocycles. The number of ether oxygens (including phenoxy) is 1.